The van der Waals surface area contributed by atoms with Crippen molar-refractivity contribution >= 4 is 18.3 Å². The third-order valence-corrected chi connectivity index (χ3v) is 5.58. The second kappa shape index (κ2) is 7.87. The molecular formula is C21H24ClFN2O2. The summed E-state index contributed by atoms with van der Waals surface area (Å²) >= 11 is 0. The summed E-state index contributed by atoms with van der Waals surface area (Å²) in [6.07, 6.45) is 2.71. The number of halogens is 2. The van der Waals surface area contributed by atoms with Crippen LogP contribution in [0.1, 0.15) is 36.4 Å². The van der Waals surface area contributed by atoms with Gasteiger partial charge in [0.2, 0.25) is 5.91 Å². The molecule has 6 heteroatoms. The van der Waals surface area contributed by atoms with E-state index in [2.05, 4.69) is 5.32 Å². The lowest BCUT2D eigenvalue weighted by Gasteiger charge is -2.23. The summed E-state index contributed by atoms with van der Waals surface area (Å²) in [4.78, 5) is 14.2. The number of likely N-dealkylation sites (N-methyl/N-ethyl adjacent to an activating group) is 1. The fourth-order valence-corrected chi connectivity index (χ4v) is 3.99. The van der Waals surface area contributed by atoms with Crippen molar-refractivity contribution in [3.8, 4) is 5.75 Å². The first-order chi connectivity index (χ1) is 12.6. The number of amides is 1. The minimum Gasteiger partial charge on any atom is -0.489 e. The smallest absolute Gasteiger partial charge is 0.242 e. The van der Waals surface area contributed by atoms with Gasteiger partial charge in [-0.25, -0.2) is 4.39 Å². The van der Waals surface area contributed by atoms with Gasteiger partial charge < -0.3 is 9.64 Å². The number of likely N-dealkylation sites (tertiary alicyclic amines) is 1. The molecule has 4 rings (SSSR count). The third kappa shape index (κ3) is 3.80. The summed E-state index contributed by atoms with van der Waals surface area (Å²) < 4.78 is 19.3. The number of nitrogens with zero attached hydrogens (tertiary/aromatic N) is 1. The van der Waals surface area contributed by atoms with Gasteiger partial charge in [0.1, 0.15) is 23.7 Å². The molecule has 0 saturated carbocycles. The molecule has 1 N–H and O–H groups in total. The molecule has 2 fully saturated rings. The Labute approximate surface area is 165 Å². The van der Waals surface area contributed by atoms with Crippen LogP contribution in [0.3, 0.4) is 0 Å². The molecular weight excluding hydrogens is 367 g/mol. The van der Waals surface area contributed by atoms with Gasteiger partial charge in [-0.1, -0.05) is 30.3 Å². The standard InChI is InChI=1S/C21H23FN2O2.ClH/c1-24-13-12-21(20(24)25)11-10-19(23-21)15-6-8-17(9-7-15)26-14-16-4-2-3-5-18(16)22;/h2-9,19,23H,10-14H2,1H3;1H/t19?,21-;/m1./s1. The maximum atomic E-state index is 13.6. The molecule has 2 aliphatic rings. The summed E-state index contributed by atoms with van der Waals surface area (Å²) in [5, 5.41) is 3.57. The van der Waals surface area contributed by atoms with Crippen molar-refractivity contribution in [2.24, 2.45) is 0 Å². The minimum atomic E-state index is -0.376. The van der Waals surface area contributed by atoms with Gasteiger partial charge >= 0.3 is 0 Å². The van der Waals surface area contributed by atoms with Crippen molar-refractivity contribution in [2.75, 3.05) is 13.6 Å². The zero-order valence-corrected chi connectivity index (χ0v) is 16.1. The number of carbonyl (C=O) groups is 1. The highest BCUT2D eigenvalue weighted by atomic mass is 35.5. The van der Waals surface area contributed by atoms with Crippen LogP contribution in [0.25, 0.3) is 0 Å². The lowest BCUT2D eigenvalue weighted by molar-refractivity contribution is -0.131. The van der Waals surface area contributed by atoms with Crippen molar-refractivity contribution in [3.63, 3.8) is 0 Å². The van der Waals surface area contributed by atoms with E-state index < -0.39 is 0 Å². The van der Waals surface area contributed by atoms with E-state index in [0.717, 1.165) is 31.4 Å². The fourth-order valence-electron chi connectivity index (χ4n) is 3.99. The van der Waals surface area contributed by atoms with Crippen molar-refractivity contribution in [1.29, 1.82) is 0 Å². The summed E-state index contributed by atoms with van der Waals surface area (Å²) in [7, 11) is 1.87. The number of carbonyl (C=O) groups excluding carboxylic acids is 1. The molecule has 0 radical (unpaired) electrons. The Bertz CT molecular complexity index is 814. The van der Waals surface area contributed by atoms with Crippen LogP contribution in [0.5, 0.6) is 5.75 Å². The van der Waals surface area contributed by atoms with Crippen molar-refractivity contribution < 1.29 is 13.9 Å². The van der Waals surface area contributed by atoms with Crippen LogP contribution in [0.15, 0.2) is 48.5 Å². The van der Waals surface area contributed by atoms with Gasteiger partial charge in [0.25, 0.3) is 0 Å². The first-order valence-electron chi connectivity index (χ1n) is 9.07. The zero-order chi connectivity index (χ0) is 18.1. The summed E-state index contributed by atoms with van der Waals surface area (Å²) in [5.74, 6) is 0.669. The van der Waals surface area contributed by atoms with Crippen LogP contribution < -0.4 is 10.1 Å². The van der Waals surface area contributed by atoms with E-state index in [-0.39, 0.29) is 42.3 Å². The third-order valence-electron chi connectivity index (χ3n) is 5.58. The zero-order valence-electron chi connectivity index (χ0n) is 15.3. The van der Waals surface area contributed by atoms with Gasteiger partial charge in [0, 0.05) is 25.2 Å². The molecule has 0 aliphatic carbocycles. The normalized spacial score (nSPS) is 24.3. The summed E-state index contributed by atoms with van der Waals surface area (Å²) in [5.41, 5.74) is 1.32. The summed E-state index contributed by atoms with van der Waals surface area (Å²) in [6.45, 7) is 1.03. The number of nitrogens with one attached hydrogen (secondary N) is 1. The van der Waals surface area contributed by atoms with Crippen molar-refractivity contribution in [2.45, 2.75) is 37.5 Å². The van der Waals surface area contributed by atoms with Crippen molar-refractivity contribution in [3.05, 3.63) is 65.5 Å². The quantitative estimate of drug-likeness (QED) is 0.862. The number of hydrogen-bond donors (Lipinski definition) is 1. The Kier molecular flexibility index (Phi) is 5.72. The molecule has 2 aromatic rings. The van der Waals surface area contributed by atoms with Crippen LogP contribution >= 0.6 is 12.4 Å². The Balaban J connectivity index is 0.00000210. The first-order valence-corrected chi connectivity index (χ1v) is 9.07. The molecule has 2 heterocycles. The van der Waals surface area contributed by atoms with E-state index in [9.17, 15) is 9.18 Å². The molecule has 4 nitrogen and oxygen atoms in total. The number of rotatable bonds is 4. The monoisotopic (exact) mass is 390 g/mol. The highest BCUT2D eigenvalue weighted by Gasteiger charge is 2.49. The lowest BCUT2D eigenvalue weighted by atomic mass is 9.96. The van der Waals surface area contributed by atoms with Gasteiger partial charge in [-0.05, 0) is 43.0 Å². The molecule has 27 heavy (non-hydrogen) atoms. The SMILES string of the molecule is CN1CC[C@]2(CCC(c3ccc(OCc4ccccc4F)cc3)N2)C1=O.Cl. The van der Waals surface area contributed by atoms with Crippen LogP contribution in [-0.4, -0.2) is 29.9 Å². The topological polar surface area (TPSA) is 41.6 Å². The van der Waals surface area contributed by atoms with E-state index in [1.807, 2.05) is 36.2 Å². The average Bonchev–Trinajstić information content (AvgIpc) is 3.22. The molecule has 1 unspecified atom stereocenters. The van der Waals surface area contributed by atoms with E-state index in [0.29, 0.717) is 11.3 Å². The maximum Gasteiger partial charge on any atom is 0.242 e. The molecule has 2 saturated heterocycles. The summed E-state index contributed by atoms with van der Waals surface area (Å²) in [6, 6.07) is 14.7. The first kappa shape index (κ1) is 19.6. The lowest BCUT2D eigenvalue weighted by Crippen LogP contribution is -2.47. The number of benzene rings is 2. The van der Waals surface area contributed by atoms with Gasteiger partial charge in [-0.3, -0.25) is 10.1 Å². The predicted octanol–water partition coefficient (Wildman–Crippen LogP) is 3.85. The van der Waals surface area contributed by atoms with Crippen LogP contribution in [0, 0.1) is 5.82 Å². The van der Waals surface area contributed by atoms with Gasteiger partial charge in [-0.2, -0.15) is 0 Å². The molecule has 1 spiro atoms. The molecule has 0 bridgehead atoms. The van der Waals surface area contributed by atoms with Gasteiger partial charge in [0.15, 0.2) is 0 Å². The number of hydrogen-bond acceptors (Lipinski definition) is 3. The van der Waals surface area contributed by atoms with E-state index in [4.69, 9.17) is 4.74 Å². The van der Waals surface area contributed by atoms with E-state index in [1.54, 1.807) is 18.2 Å². The van der Waals surface area contributed by atoms with E-state index in [1.165, 1.54) is 6.07 Å². The number of ether oxygens (including phenoxy) is 1. The predicted molar refractivity (Wildman–Crippen MR) is 105 cm³/mol. The average molecular weight is 391 g/mol. The highest BCUT2D eigenvalue weighted by Crippen LogP contribution is 2.39. The molecule has 2 aliphatic heterocycles. The largest absolute Gasteiger partial charge is 0.489 e. The Hall–Kier alpha value is -2.11. The molecule has 2 atom stereocenters. The fraction of sp³-hybridized carbons (Fsp3) is 0.381. The molecule has 2 aromatic carbocycles. The molecule has 0 aromatic heterocycles. The maximum absolute atomic E-state index is 13.6. The minimum absolute atomic E-state index is 0. The second-order valence-corrected chi connectivity index (χ2v) is 7.24. The van der Waals surface area contributed by atoms with Crippen LogP contribution in [-0.2, 0) is 11.4 Å². The Morgan fingerprint density at radius 1 is 1.19 bits per heavy atom. The second-order valence-electron chi connectivity index (χ2n) is 7.24. The van der Waals surface area contributed by atoms with Crippen LogP contribution in [0.2, 0.25) is 0 Å². The highest BCUT2D eigenvalue weighted by molar-refractivity contribution is 5.88. The van der Waals surface area contributed by atoms with E-state index >= 15 is 0 Å². The van der Waals surface area contributed by atoms with Gasteiger partial charge in [0.05, 0.1) is 0 Å². The Morgan fingerprint density at radius 2 is 1.93 bits per heavy atom. The van der Waals surface area contributed by atoms with Gasteiger partial charge in [-0.15, -0.1) is 12.4 Å². The molecule has 144 valence electrons. The Morgan fingerprint density at radius 3 is 2.59 bits per heavy atom. The molecule has 1 amide bonds. The van der Waals surface area contributed by atoms with Crippen molar-refractivity contribution in [1.82, 2.24) is 10.2 Å². The van der Waals surface area contributed by atoms with Crippen LogP contribution in [0.4, 0.5) is 4.39 Å².